The van der Waals surface area contributed by atoms with Crippen molar-refractivity contribution in [2.75, 3.05) is 6.54 Å². The predicted molar refractivity (Wildman–Crippen MR) is 116 cm³/mol. The Morgan fingerprint density at radius 2 is 1.81 bits per heavy atom. The van der Waals surface area contributed by atoms with Crippen LogP contribution in [0.1, 0.15) is 73.7 Å². The molecule has 4 rings (SSSR count). The van der Waals surface area contributed by atoms with Crippen LogP contribution in [-0.4, -0.2) is 41.5 Å². The van der Waals surface area contributed by atoms with Gasteiger partial charge in [-0.05, 0) is 75.0 Å². The van der Waals surface area contributed by atoms with Crippen molar-refractivity contribution >= 4 is 17.9 Å². The molecule has 0 bridgehead atoms. The third kappa shape index (κ3) is 5.77. The predicted octanol–water partition coefficient (Wildman–Crippen LogP) is 3.36. The highest BCUT2D eigenvalue weighted by Crippen LogP contribution is 2.34. The van der Waals surface area contributed by atoms with Gasteiger partial charge in [0.15, 0.2) is 0 Å². The van der Waals surface area contributed by atoms with Crippen molar-refractivity contribution in [1.29, 1.82) is 0 Å². The van der Waals surface area contributed by atoms with Gasteiger partial charge in [-0.2, -0.15) is 0 Å². The molecule has 0 radical (unpaired) electrons. The van der Waals surface area contributed by atoms with Crippen molar-refractivity contribution in [2.24, 2.45) is 17.6 Å². The van der Waals surface area contributed by atoms with E-state index in [1.165, 1.54) is 6.42 Å². The molecule has 7 heteroatoms. The normalized spacial score (nSPS) is 23.5. The Morgan fingerprint density at radius 3 is 2.45 bits per heavy atom. The maximum atomic E-state index is 13.3. The first-order valence-corrected chi connectivity index (χ1v) is 11.6. The number of carbonyl (C=O) groups excluding carboxylic acids is 3. The van der Waals surface area contributed by atoms with Gasteiger partial charge in [0.25, 0.3) is 0 Å². The van der Waals surface area contributed by atoms with E-state index in [1.54, 1.807) is 18.2 Å². The highest BCUT2D eigenvalue weighted by Gasteiger charge is 2.41. The zero-order valence-electron chi connectivity index (χ0n) is 18.1. The average molecular weight is 428 g/mol. The van der Waals surface area contributed by atoms with E-state index >= 15 is 0 Å². The fourth-order valence-electron chi connectivity index (χ4n) is 4.61. The van der Waals surface area contributed by atoms with E-state index in [9.17, 15) is 14.4 Å². The number of nitrogens with one attached hydrogen (secondary N) is 1. The molecule has 7 nitrogen and oxygen atoms in total. The van der Waals surface area contributed by atoms with Gasteiger partial charge in [0.2, 0.25) is 11.8 Å². The monoisotopic (exact) mass is 427 g/mol. The lowest BCUT2D eigenvalue weighted by Gasteiger charge is -2.39. The highest BCUT2D eigenvalue weighted by atomic mass is 16.6. The number of nitrogens with zero attached hydrogens (tertiary/aromatic N) is 1. The van der Waals surface area contributed by atoms with Crippen LogP contribution >= 0.6 is 0 Å². The molecule has 3 N–H and O–H groups in total. The van der Waals surface area contributed by atoms with E-state index in [0.29, 0.717) is 18.0 Å². The molecule has 1 aromatic rings. The second-order valence-electron chi connectivity index (χ2n) is 9.33. The van der Waals surface area contributed by atoms with Crippen LogP contribution in [0, 0.1) is 11.8 Å². The number of alkyl carbamates (subject to hydrolysis) is 1. The minimum atomic E-state index is -0.471. The summed E-state index contributed by atoms with van der Waals surface area (Å²) in [6.07, 6.45) is 8.76. The third-order valence-corrected chi connectivity index (χ3v) is 6.79. The fraction of sp³-hybridized carbons (Fsp3) is 0.625. The second-order valence-corrected chi connectivity index (χ2v) is 9.33. The molecule has 3 fully saturated rings. The lowest BCUT2D eigenvalue weighted by molar-refractivity contribution is -0.140. The Balaban J connectivity index is 1.35. The van der Waals surface area contributed by atoms with Crippen LogP contribution in [0.5, 0.6) is 0 Å². The number of primary amides is 1. The van der Waals surface area contributed by atoms with Crippen LogP contribution in [0.3, 0.4) is 0 Å². The summed E-state index contributed by atoms with van der Waals surface area (Å²) in [5.74, 6) is -0.0600. The van der Waals surface area contributed by atoms with Crippen molar-refractivity contribution in [1.82, 2.24) is 10.2 Å². The van der Waals surface area contributed by atoms with Gasteiger partial charge in [-0.15, -0.1) is 0 Å². The van der Waals surface area contributed by atoms with E-state index < -0.39 is 12.0 Å². The van der Waals surface area contributed by atoms with Gasteiger partial charge < -0.3 is 20.7 Å². The second kappa shape index (κ2) is 9.71. The quantitative estimate of drug-likeness (QED) is 0.664. The van der Waals surface area contributed by atoms with Crippen LogP contribution in [-0.2, 0) is 16.1 Å². The molecule has 3 saturated carbocycles. The number of nitrogens with two attached hydrogens (primary N) is 1. The number of hydrogen-bond donors (Lipinski definition) is 2. The zero-order valence-corrected chi connectivity index (χ0v) is 18.1. The molecule has 3 aliphatic carbocycles. The summed E-state index contributed by atoms with van der Waals surface area (Å²) in [5.41, 5.74) is 6.75. The van der Waals surface area contributed by atoms with Crippen molar-refractivity contribution < 1.29 is 19.1 Å². The summed E-state index contributed by atoms with van der Waals surface area (Å²) in [7, 11) is 0. The smallest absolute Gasteiger partial charge is 0.407 e. The number of rotatable bonds is 8. The maximum Gasteiger partial charge on any atom is 0.407 e. The molecule has 1 aromatic carbocycles. The minimum Gasteiger partial charge on any atom is -0.446 e. The SMILES string of the molecule is NC(=O)c1cccc(CN(CC2CC2)C(=O)[C@@H]2CC[C@@H]2NC(=O)OC2CCCCC2)c1. The maximum absolute atomic E-state index is 13.3. The fourth-order valence-corrected chi connectivity index (χ4v) is 4.61. The summed E-state index contributed by atoms with van der Waals surface area (Å²) in [6, 6.07) is 6.99. The Labute approximate surface area is 183 Å². The van der Waals surface area contributed by atoms with Crippen LogP contribution in [0.25, 0.3) is 0 Å². The van der Waals surface area contributed by atoms with Gasteiger partial charge in [0, 0.05) is 24.7 Å². The van der Waals surface area contributed by atoms with Crippen molar-refractivity contribution in [2.45, 2.75) is 76.5 Å². The molecule has 0 unspecified atom stereocenters. The van der Waals surface area contributed by atoms with Gasteiger partial charge in [0.05, 0.1) is 5.92 Å². The number of ether oxygens (including phenoxy) is 1. The van der Waals surface area contributed by atoms with Crippen LogP contribution in [0.4, 0.5) is 4.79 Å². The zero-order chi connectivity index (χ0) is 21.8. The topological polar surface area (TPSA) is 102 Å². The highest BCUT2D eigenvalue weighted by molar-refractivity contribution is 5.92. The van der Waals surface area contributed by atoms with Gasteiger partial charge in [-0.1, -0.05) is 18.6 Å². The number of carbonyl (C=O) groups is 3. The summed E-state index contributed by atoms with van der Waals surface area (Å²) in [5, 5.41) is 2.94. The first-order chi connectivity index (χ1) is 15.0. The van der Waals surface area contributed by atoms with Gasteiger partial charge in [-0.25, -0.2) is 4.79 Å². The van der Waals surface area contributed by atoms with Crippen LogP contribution in [0.2, 0.25) is 0 Å². The molecule has 31 heavy (non-hydrogen) atoms. The number of hydrogen-bond acceptors (Lipinski definition) is 4. The molecule has 0 saturated heterocycles. The molecule has 0 heterocycles. The van der Waals surface area contributed by atoms with Crippen LogP contribution in [0.15, 0.2) is 24.3 Å². The molecular weight excluding hydrogens is 394 g/mol. The summed E-state index contributed by atoms with van der Waals surface area (Å²) < 4.78 is 5.57. The Kier molecular flexibility index (Phi) is 6.78. The number of amides is 3. The lowest BCUT2D eigenvalue weighted by atomic mass is 9.78. The molecular formula is C24H33N3O4. The van der Waals surface area contributed by atoms with E-state index in [0.717, 1.165) is 63.5 Å². The molecule has 0 aliphatic heterocycles. The molecule has 168 valence electrons. The summed E-state index contributed by atoms with van der Waals surface area (Å²) in [6.45, 7) is 1.17. The Morgan fingerprint density at radius 1 is 1.03 bits per heavy atom. The molecule has 2 atom stereocenters. The van der Waals surface area contributed by atoms with Gasteiger partial charge in [0.1, 0.15) is 6.10 Å². The first kappa shape index (κ1) is 21.7. The Bertz CT molecular complexity index is 817. The van der Waals surface area contributed by atoms with Crippen LogP contribution < -0.4 is 11.1 Å². The third-order valence-electron chi connectivity index (χ3n) is 6.79. The first-order valence-electron chi connectivity index (χ1n) is 11.6. The minimum absolute atomic E-state index is 0.00637. The van der Waals surface area contributed by atoms with E-state index in [4.69, 9.17) is 10.5 Å². The van der Waals surface area contributed by atoms with Gasteiger partial charge >= 0.3 is 6.09 Å². The van der Waals surface area contributed by atoms with E-state index in [-0.39, 0.29) is 24.0 Å². The Hall–Kier alpha value is -2.57. The van der Waals surface area contributed by atoms with Crippen molar-refractivity contribution in [3.8, 4) is 0 Å². The van der Waals surface area contributed by atoms with Crippen molar-refractivity contribution in [3.63, 3.8) is 0 Å². The number of benzene rings is 1. The molecule has 3 amide bonds. The van der Waals surface area contributed by atoms with Crippen molar-refractivity contribution in [3.05, 3.63) is 35.4 Å². The molecule has 0 aromatic heterocycles. The average Bonchev–Trinajstić information content (AvgIpc) is 3.56. The standard InChI is InChI=1S/C24H33N3O4/c25-22(28)18-6-4-5-17(13-18)15-27(14-16-9-10-16)23(29)20-11-12-21(20)26-24(30)31-19-7-2-1-3-8-19/h4-6,13,16,19-21H,1-3,7-12,14-15H2,(H2,25,28)(H,26,30)/t20-,21+/m1/s1. The summed E-state index contributed by atoms with van der Waals surface area (Å²) >= 11 is 0. The lowest BCUT2D eigenvalue weighted by Crippen LogP contribution is -2.54. The molecule has 3 aliphatic rings. The van der Waals surface area contributed by atoms with E-state index in [1.807, 2.05) is 11.0 Å². The van der Waals surface area contributed by atoms with Gasteiger partial charge in [-0.3, -0.25) is 9.59 Å². The largest absolute Gasteiger partial charge is 0.446 e. The van der Waals surface area contributed by atoms with E-state index in [2.05, 4.69) is 5.32 Å². The molecule has 0 spiro atoms. The summed E-state index contributed by atoms with van der Waals surface area (Å²) in [4.78, 5) is 39.1.